The summed E-state index contributed by atoms with van der Waals surface area (Å²) in [5, 5.41) is 20.1. The van der Waals surface area contributed by atoms with Gasteiger partial charge in [-0.1, -0.05) is 18.2 Å². The van der Waals surface area contributed by atoms with Gasteiger partial charge in [-0.05, 0) is 12.5 Å². The molecule has 0 heterocycles. The monoisotopic (exact) mass is 252 g/mol. The van der Waals surface area contributed by atoms with E-state index >= 15 is 0 Å². The number of aliphatic hydroxyl groups is 1. The molecule has 6 nitrogen and oxygen atoms in total. The van der Waals surface area contributed by atoms with E-state index in [1.807, 2.05) is 0 Å². The van der Waals surface area contributed by atoms with Crippen molar-refractivity contribution in [2.75, 3.05) is 5.32 Å². The van der Waals surface area contributed by atoms with E-state index in [4.69, 9.17) is 15.9 Å². The number of amides is 1. The van der Waals surface area contributed by atoms with Gasteiger partial charge in [-0.25, -0.2) is 0 Å². The van der Waals surface area contributed by atoms with Gasteiger partial charge in [0.15, 0.2) is 0 Å². The average molecular weight is 252 g/mol. The third-order valence-electron chi connectivity index (χ3n) is 2.45. The Morgan fingerprint density at radius 2 is 2.00 bits per heavy atom. The molecule has 0 spiro atoms. The summed E-state index contributed by atoms with van der Waals surface area (Å²) in [6.45, 7) is -0.194. The number of benzene rings is 1. The fourth-order valence-corrected chi connectivity index (χ4v) is 1.42. The summed E-state index contributed by atoms with van der Waals surface area (Å²) in [4.78, 5) is 22.0. The van der Waals surface area contributed by atoms with Crippen LogP contribution in [0.4, 0.5) is 5.69 Å². The number of aliphatic carboxylic acids is 1. The molecule has 0 bridgehead atoms. The first-order valence-electron chi connectivity index (χ1n) is 5.51. The van der Waals surface area contributed by atoms with Gasteiger partial charge < -0.3 is 21.3 Å². The number of carboxylic acids is 1. The fourth-order valence-electron chi connectivity index (χ4n) is 1.42. The molecule has 6 heteroatoms. The Labute approximate surface area is 104 Å². The van der Waals surface area contributed by atoms with E-state index in [2.05, 4.69) is 5.32 Å². The van der Waals surface area contributed by atoms with Crippen molar-refractivity contribution in [2.45, 2.75) is 25.5 Å². The van der Waals surface area contributed by atoms with Gasteiger partial charge in [0.05, 0.1) is 12.6 Å². The summed E-state index contributed by atoms with van der Waals surface area (Å²) in [5.41, 5.74) is 6.63. The van der Waals surface area contributed by atoms with Crippen LogP contribution in [-0.2, 0) is 16.2 Å². The molecular formula is C12H16N2O4. The molecule has 98 valence electrons. The van der Waals surface area contributed by atoms with E-state index in [0.29, 0.717) is 11.3 Å². The van der Waals surface area contributed by atoms with E-state index in [9.17, 15) is 9.59 Å². The van der Waals surface area contributed by atoms with Gasteiger partial charge in [0.25, 0.3) is 0 Å². The number of anilines is 1. The maximum absolute atomic E-state index is 11.7. The van der Waals surface area contributed by atoms with Crippen molar-refractivity contribution < 1.29 is 19.8 Å². The standard InChI is InChI=1S/C12H16N2O4/c13-9(5-6-11(16)17)12(18)14-10-4-2-1-3-8(10)7-15/h1-4,9,15H,5-7,13H2,(H,14,18)(H,16,17). The van der Waals surface area contributed by atoms with Crippen LogP contribution in [-0.4, -0.2) is 28.1 Å². The molecule has 1 rings (SSSR count). The number of para-hydroxylation sites is 1. The summed E-state index contributed by atoms with van der Waals surface area (Å²) < 4.78 is 0. The van der Waals surface area contributed by atoms with E-state index in [1.54, 1.807) is 24.3 Å². The molecule has 0 saturated carbocycles. The van der Waals surface area contributed by atoms with Crippen molar-refractivity contribution in [3.05, 3.63) is 29.8 Å². The Kier molecular flexibility index (Phi) is 5.29. The molecule has 18 heavy (non-hydrogen) atoms. The molecule has 0 saturated heterocycles. The van der Waals surface area contributed by atoms with Crippen LogP contribution in [0.1, 0.15) is 18.4 Å². The molecule has 5 N–H and O–H groups in total. The fraction of sp³-hybridized carbons (Fsp3) is 0.333. The van der Waals surface area contributed by atoms with Gasteiger partial charge in [-0.15, -0.1) is 0 Å². The van der Waals surface area contributed by atoms with Crippen molar-refractivity contribution >= 4 is 17.6 Å². The van der Waals surface area contributed by atoms with E-state index < -0.39 is 17.9 Å². The topological polar surface area (TPSA) is 113 Å². The lowest BCUT2D eigenvalue weighted by Gasteiger charge is -2.13. The number of nitrogens with one attached hydrogen (secondary N) is 1. The molecule has 1 aromatic carbocycles. The second-order valence-corrected chi connectivity index (χ2v) is 3.84. The molecular weight excluding hydrogens is 236 g/mol. The predicted octanol–water partition coefficient (Wildman–Crippen LogP) is 0.309. The molecule has 1 unspecified atom stereocenters. The number of carboxylic acid groups (broad SMARTS) is 1. The summed E-state index contributed by atoms with van der Waals surface area (Å²) in [6, 6.07) is 5.90. The van der Waals surface area contributed by atoms with Crippen LogP contribution in [0.25, 0.3) is 0 Å². The zero-order valence-corrected chi connectivity index (χ0v) is 9.80. The number of nitrogens with two attached hydrogens (primary N) is 1. The van der Waals surface area contributed by atoms with Gasteiger partial charge in [0.1, 0.15) is 0 Å². The SMILES string of the molecule is NC(CCC(=O)O)C(=O)Nc1ccccc1CO. The molecule has 0 aliphatic rings. The third-order valence-corrected chi connectivity index (χ3v) is 2.45. The number of rotatable bonds is 6. The van der Waals surface area contributed by atoms with Gasteiger partial charge >= 0.3 is 5.97 Å². The van der Waals surface area contributed by atoms with Crippen molar-refractivity contribution in [1.82, 2.24) is 0 Å². The van der Waals surface area contributed by atoms with Crippen molar-refractivity contribution in [3.63, 3.8) is 0 Å². The summed E-state index contributed by atoms with van der Waals surface area (Å²) in [7, 11) is 0. The summed E-state index contributed by atoms with van der Waals surface area (Å²) in [6.07, 6.45) is -0.0846. The second kappa shape index (κ2) is 6.73. The number of hydrogen-bond acceptors (Lipinski definition) is 4. The van der Waals surface area contributed by atoms with E-state index in [1.165, 1.54) is 0 Å². The van der Waals surface area contributed by atoms with Gasteiger partial charge in [0.2, 0.25) is 5.91 Å². The van der Waals surface area contributed by atoms with Crippen LogP contribution in [0, 0.1) is 0 Å². The van der Waals surface area contributed by atoms with E-state index in [0.717, 1.165) is 0 Å². The first-order valence-corrected chi connectivity index (χ1v) is 5.51. The minimum absolute atomic E-state index is 0.0719. The molecule has 1 atom stereocenters. The highest BCUT2D eigenvalue weighted by Gasteiger charge is 2.15. The minimum Gasteiger partial charge on any atom is -0.481 e. The Hall–Kier alpha value is -1.92. The van der Waals surface area contributed by atoms with Crippen LogP contribution in [0.5, 0.6) is 0 Å². The Morgan fingerprint density at radius 3 is 2.61 bits per heavy atom. The third kappa shape index (κ3) is 4.15. The Bertz CT molecular complexity index is 434. The second-order valence-electron chi connectivity index (χ2n) is 3.84. The summed E-state index contributed by atoms with van der Waals surface area (Å²) in [5.74, 6) is -1.45. The Morgan fingerprint density at radius 1 is 1.33 bits per heavy atom. The van der Waals surface area contributed by atoms with Crippen molar-refractivity contribution in [2.24, 2.45) is 5.73 Å². The number of carbonyl (C=O) groups excluding carboxylic acids is 1. The van der Waals surface area contributed by atoms with E-state index in [-0.39, 0.29) is 19.4 Å². The largest absolute Gasteiger partial charge is 0.481 e. The first-order chi connectivity index (χ1) is 8.54. The predicted molar refractivity (Wildman–Crippen MR) is 65.8 cm³/mol. The minimum atomic E-state index is -0.992. The molecule has 0 radical (unpaired) electrons. The van der Waals surface area contributed by atoms with Crippen LogP contribution >= 0.6 is 0 Å². The molecule has 0 aliphatic heterocycles. The number of hydrogen-bond donors (Lipinski definition) is 4. The van der Waals surface area contributed by atoms with Crippen molar-refractivity contribution in [3.8, 4) is 0 Å². The number of carbonyl (C=O) groups is 2. The molecule has 0 aromatic heterocycles. The normalized spacial score (nSPS) is 11.9. The van der Waals surface area contributed by atoms with Crippen LogP contribution in [0.2, 0.25) is 0 Å². The van der Waals surface area contributed by atoms with Crippen LogP contribution in [0.3, 0.4) is 0 Å². The first kappa shape index (κ1) is 14.1. The smallest absolute Gasteiger partial charge is 0.303 e. The lowest BCUT2D eigenvalue weighted by molar-refractivity contribution is -0.137. The average Bonchev–Trinajstić information content (AvgIpc) is 2.36. The summed E-state index contributed by atoms with van der Waals surface area (Å²) >= 11 is 0. The highest BCUT2D eigenvalue weighted by Crippen LogP contribution is 2.15. The van der Waals surface area contributed by atoms with Crippen LogP contribution < -0.4 is 11.1 Å². The molecule has 1 aromatic rings. The maximum atomic E-state index is 11.7. The van der Waals surface area contributed by atoms with Gasteiger partial charge in [-0.3, -0.25) is 9.59 Å². The number of aliphatic hydroxyl groups excluding tert-OH is 1. The zero-order chi connectivity index (χ0) is 13.5. The lowest BCUT2D eigenvalue weighted by Crippen LogP contribution is -2.36. The molecule has 1 amide bonds. The lowest BCUT2D eigenvalue weighted by atomic mass is 10.1. The Balaban J connectivity index is 2.60. The quantitative estimate of drug-likeness (QED) is 0.582. The maximum Gasteiger partial charge on any atom is 0.303 e. The zero-order valence-electron chi connectivity index (χ0n) is 9.80. The molecule has 0 fully saturated rings. The van der Waals surface area contributed by atoms with Crippen molar-refractivity contribution in [1.29, 1.82) is 0 Å². The van der Waals surface area contributed by atoms with Gasteiger partial charge in [-0.2, -0.15) is 0 Å². The highest BCUT2D eigenvalue weighted by molar-refractivity contribution is 5.95. The highest BCUT2D eigenvalue weighted by atomic mass is 16.4. The molecule has 0 aliphatic carbocycles. The van der Waals surface area contributed by atoms with Gasteiger partial charge in [0, 0.05) is 17.7 Å². The van der Waals surface area contributed by atoms with Crippen LogP contribution in [0.15, 0.2) is 24.3 Å².